The van der Waals surface area contributed by atoms with Gasteiger partial charge in [0, 0.05) is 113 Å². The van der Waals surface area contributed by atoms with Crippen molar-refractivity contribution in [3.05, 3.63) is 102 Å². The second-order valence-electron chi connectivity index (χ2n) is 23.8. The summed E-state index contributed by atoms with van der Waals surface area (Å²) in [5.41, 5.74) is 14.5. The molecular weight excluding hydrogens is 1040 g/mol. The number of aryl methyl sites for hydroxylation is 1. The lowest BCUT2D eigenvalue weighted by atomic mass is 9.91. The first-order valence-electron chi connectivity index (χ1n) is 29.2. The number of para-hydroxylation sites is 1. The van der Waals surface area contributed by atoms with E-state index < -0.39 is 18.1 Å². The molecule has 2 unspecified atom stereocenters. The number of nitrogen functional groups attached to an aromatic ring is 1. The summed E-state index contributed by atoms with van der Waals surface area (Å²) in [6.07, 6.45) is 9.81. The topological polar surface area (TPSA) is 225 Å². The maximum atomic E-state index is 14.5. The number of β-amino-alcohol motifs (C(OH)–C–C–N with tert-alkyl or cyclic N) is 1. The Labute approximate surface area is 477 Å². The summed E-state index contributed by atoms with van der Waals surface area (Å²) in [5, 5.41) is 37.5. The number of aliphatic hydroxyl groups excluding tert-OH is 1. The number of carbonyl (C=O) groups is 2. The number of nitrogens with two attached hydrogens (primary N) is 1. The molecule has 5 N–H and O–H groups in total. The number of piperidine rings is 2. The molecule has 1 aliphatic carbocycles. The van der Waals surface area contributed by atoms with Crippen LogP contribution in [0.25, 0.3) is 21.7 Å². The highest BCUT2D eigenvalue weighted by Gasteiger charge is 2.45. The maximum absolute atomic E-state index is 14.5. The van der Waals surface area contributed by atoms with Gasteiger partial charge >= 0.3 is 0 Å². The number of rotatable bonds is 17. The zero-order chi connectivity index (χ0) is 55.9. The number of anilines is 4. The van der Waals surface area contributed by atoms with Gasteiger partial charge in [-0.15, -0.1) is 21.5 Å². The van der Waals surface area contributed by atoms with E-state index in [9.17, 15) is 19.8 Å². The van der Waals surface area contributed by atoms with Crippen molar-refractivity contribution in [2.75, 3.05) is 72.8 Å². The van der Waals surface area contributed by atoms with Gasteiger partial charge in [0.1, 0.15) is 23.8 Å². The second-order valence-corrected chi connectivity index (χ2v) is 24.7. The normalized spacial score (nSPS) is 25.0. The van der Waals surface area contributed by atoms with Crippen LogP contribution in [0.2, 0.25) is 0 Å². The number of aromatic nitrogens is 5. The molecule has 2 amide bonds. The van der Waals surface area contributed by atoms with Crippen LogP contribution in [-0.4, -0.2) is 152 Å². The summed E-state index contributed by atoms with van der Waals surface area (Å²) < 4.78 is 19.1. The van der Waals surface area contributed by atoms with E-state index in [1.807, 2.05) is 87.9 Å². The van der Waals surface area contributed by atoms with E-state index in [1.54, 1.807) is 28.4 Å². The van der Waals surface area contributed by atoms with Crippen molar-refractivity contribution in [3.63, 3.8) is 0 Å². The minimum atomic E-state index is -0.807. The summed E-state index contributed by atoms with van der Waals surface area (Å²) in [6.45, 7) is 14.3. The minimum Gasteiger partial charge on any atom is -0.507 e. The number of pyridine rings is 1. The Hall–Kier alpha value is -6.87. The molecule has 2 bridgehead atoms. The van der Waals surface area contributed by atoms with E-state index in [1.165, 1.54) is 0 Å². The zero-order valence-electron chi connectivity index (χ0n) is 46.8. The third kappa shape index (κ3) is 11.8. The van der Waals surface area contributed by atoms with Gasteiger partial charge in [0.15, 0.2) is 17.4 Å². The first kappa shape index (κ1) is 54.7. The predicted octanol–water partition coefficient (Wildman–Crippen LogP) is 7.99. The Kier molecular flexibility index (Phi) is 15.9. The van der Waals surface area contributed by atoms with Crippen LogP contribution in [0.4, 0.5) is 23.0 Å². The minimum absolute atomic E-state index is 0.0766. The number of benzene rings is 2. The molecule has 7 atom stereocenters. The number of nitrogens with zero attached hydrogens (tertiary/aromatic N) is 10. The van der Waals surface area contributed by atoms with Crippen LogP contribution in [-0.2, 0) is 14.3 Å². The van der Waals surface area contributed by atoms with E-state index in [2.05, 4.69) is 62.4 Å². The molecular formula is C61H76N12O7S. The van der Waals surface area contributed by atoms with Crippen molar-refractivity contribution < 1.29 is 33.8 Å². The van der Waals surface area contributed by atoms with Gasteiger partial charge < -0.3 is 59.8 Å². The zero-order valence-corrected chi connectivity index (χ0v) is 47.7. The van der Waals surface area contributed by atoms with Crippen LogP contribution in [0, 0.1) is 18.8 Å². The molecule has 2 aromatic carbocycles. The molecule has 12 rings (SSSR count). The van der Waals surface area contributed by atoms with Gasteiger partial charge in [0.25, 0.3) is 0 Å². The van der Waals surface area contributed by atoms with Crippen LogP contribution in [0.5, 0.6) is 11.6 Å². The lowest BCUT2D eigenvalue weighted by molar-refractivity contribution is -0.141. The third-order valence-corrected chi connectivity index (χ3v) is 18.8. The van der Waals surface area contributed by atoms with Crippen LogP contribution in [0.3, 0.4) is 0 Å². The van der Waals surface area contributed by atoms with Crippen molar-refractivity contribution >= 4 is 46.2 Å². The number of fused-ring (bicyclic) bond motifs is 2. The molecule has 19 nitrogen and oxygen atoms in total. The van der Waals surface area contributed by atoms with Gasteiger partial charge in [-0.3, -0.25) is 9.59 Å². The van der Waals surface area contributed by atoms with Crippen LogP contribution >= 0.6 is 11.3 Å². The highest BCUT2D eigenvalue weighted by Crippen LogP contribution is 2.41. The number of hydrogen-bond acceptors (Lipinski definition) is 18. The fourth-order valence-corrected chi connectivity index (χ4v) is 14.3. The summed E-state index contributed by atoms with van der Waals surface area (Å²) in [6, 6.07) is 22.8. The lowest BCUT2D eigenvalue weighted by Crippen LogP contribution is -2.54. The highest BCUT2D eigenvalue weighted by molar-refractivity contribution is 7.13. The van der Waals surface area contributed by atoms with Crippen LogP contribution in [0.1, 0.15) is 108 Å². The molecule has 5 saturated heterocycles. The van der Waals surface area contributed by atoms with E-state index in [0.29, 0.717) is 46.7 Å². The molecule has 9 heterocycles. The number of carbonyl (C=O) groups excluding carboxylic acids is 2. The smallest absolute Gasteiger partial charge is 0.243 e. The van der Waals surface area contributed by atoms with Gasteiger partial charge in [-0.25, -0.2) is 9.97 Å². The number of thiazole rings is 1. The van der Waals surface area contributed by atoms with Crippen LogP contribution in [0.15, 0.2) is 89.0 Å². The van der Waals surface area contributed by atoms with E-state index in [-0.39, 0.29) is 60.8 Å². The maximum Gasteiger partial charge on any atom is 0.243 e. The first-order valence-corrected chi connectivity index (χ1v) is 30.1. The van der Waals surface area contributed by atoms with Gasteiger partial charge in [-0.1, -0.05) is 55.4 Å². The van der Waals surface area contributed by atoms with Gasteiger partial charge in [-0.2, -0.15) is 0 Å². The average molecular weight is 1120 g/mol. The molecule has 428 valence electrons. The van der Waals surface area contributed by atoms with E-state index in [0.717, 1.165) is 136 Å². The largest absolute Gasteiger partial charge is 0.507 e. The van der Waals surface area contributed by atoms with Gasteiger partial charge in [-0.05, 0) is 99.6 Å². The van der Waals surface area contributed by atoms with Gasteiger partial charge in [0.2, 0.25) is 17.7 Å². The average Bonchev–Trinajstić information content (AvgIpc) is 4.31. The first-order chi connectivity index (χ1) is 39.3. The Morgan fingerprint density at radius 1 is 0.852 bits per heavy atom. The van der Waals surface area contributed by atoms with Crippen LogP contribution < -0.4 is 30.5 Å². The van der Waals surface area contributed by atoms with Crippen molar-refractivity contribution in [3.8, 4) is 33.3 Å². The van der Waals surface area contributed by atoms with Crippen molar-refractivity contribution in [1.29, 1.82) is 0 Å². The number of ether oxygens (including phenoxy) is 2. The fourth-order valence-electron chi connectivity index (χ4n) is 13.5. The molecule has 20 heteroatoms. The summed E-state index contributed by atoms with van der Waals surface area (Å²) in [7, 11) is 0. The van der Waals surface area contributed by atoms with E-state index >= 15 is 0 Å². The van der Waals surface area contributed by atoms with Crippen molar-refractivity contribution in [2.24, 2.45) is 11.8 Å². The Bertz CT molecular complexity index is 3150. The Morgan fingerprint density at radius 3 is 2.37 bits per heavy atom. The molecule has 6 aromatic rings. The number of aromatic hydroxyl groups is 1. The molecule has 4 aromatic heterocycles. The number of phenols is 1. The third-order valence-electron chi connectivity index (χ3n) is 17.8. The number of piperazine rings is 1. The second kappa shape index (κ2) is 23.5. The summed E-state index contributed by atoms with van der Waals surface area (Å²) in [5.74, 6) is 1.58. The molecule has 81 heavy (non-hydrogen) atoms. The quantitative estimate of drug-likeness (QED) is 0.0679. The number of nitrogens with one attached hydrogen (secondary N) is 1. The molecule has 6 fully saturated rings. The molecule has 0 spiro atoms. The molecule has 1 saturated carbocycles. The number of amides is 2. The standard InChI is InChI=1S/C61H76N12O7S/c1-36(2)57(61(77)72-34-45(74)25-52(72)60(76)65-37(3)40-11-13-41(14-12-40)58-38(4)64-35-81-58)54-29-55(68-80-54)70-21-7-8-39(31-70)30-69-22-18-46(19-23-69)78-47-26-48(27-47)79-56-24-42(17-20-63-56)73-43-15-16-44(73)33-71(32-43)51-28-50(66-67-59(51)62)49-9-5-6-10-53(49)75/h5-6,9-14,17,20,24,28-29,35-37,39,43-48,52,57,74-75H,7-8,15-16,18-19,21-23,25-27,30-34H2,1-4H3,(H2,62,67)(H,65,76)/t37-,39+,43?,44?,45+,47?,48?,52-,57+/m0/s1. The highest BCUT2D eigenvalue weighted by atomic mass is 32.1. The number of hydrogen-bond donors (Lipinski definition) is 4. The SMILES string of the molecule is Cc1ncsc1-c1ccc([C@H](C)NC(=O)[C@@H]2C[C@@H](O)CN2C(=O)[C@@H](c2cc(N3CCC[C@H](CN4CCC(OC5CC(Oc6cc(N7C8CCC7CN(c7cc(-c9ccccc9O)nnc7N)C8)ccn6)C5)CC4)C3)no2)C(C)C)cc1. The number of likely N-dealkylation sites (tertiary alicyclic amines) is 2. The molecule has 5 aliphatic heterocycles. The fraction of sp³-hybridized carbons (Fsp3) is 0.525. The number of phenolic OH excluding ortho intramolecular Hbond substituents is 1. The van der Waals surface area contributed by atoms with Gasteiger partial charge in [0.05, 0.1) is 51.8 Å². The Morgan fingerprint density at radius 2 is 1.63 bits per heavy atom. The van der Waals surface area contributed by atoms with Crippen molar-refractivity contribution in [2.45, 2.75) is 140 Å². The number of aliphatic hydroxyl groups is 1. The lowest BCUT2D eigenvalue weighted by Gasteiger charge is -2.43. The Balaban J connectivity index is 0.582. The molecule has 6 aliphatic rings. The van der Waals surface area contributed by atoms with E-state index in [4.69, 9.17) is 19.7 Å². The molecule has 0 radical (unpaired) electrons. The van der Waals surface area contributed by atoms with Crippen molar-refractivity contribution in [1.82, 2.24) is 40.4 Å². The monoisotopic (exact) mass is 1120 g/mol. The summed E-state index contributed by atoms with van der Waals surface area (Å²) in [4.78, 5) is 49.7. The predicted molar refractivity (Wildman–Crippen MR) is 311 cm³/mol. The summed E-state index contributed by atoms with van der Waals surface area (Å²) >= 11 is 1.60.